The van der Waals surface area contributed by atoms with Crippen molar-refractivity contribution in [2.45, 2.75) is 174 Å². The molecule has 1 unspecified atom stereocenters. The van der Waals surface area contributed by atoms with E-state index in [1.807, 2.05) is 0 Å². The van der Waals surface area contributed by atoms with Crippen LogP contribution in [0.5, 0.6) is 0 Å². The first-order valence-corrected chi connectivity index (χ1v) is 21.9. The molecule has 1 atom stereocenters. The van der Waals surface area contributed by atoms with Crippen molar-refractivity contribution < 1.29 is 0 Å². The van der Waals surface area contributed by atoms with Crippen molar-refractivity contribution >= 4 is 18.4 Å². The van der Waals surface area contributed by atoms with Crippen molar-refractivity contribution in [3.8, 4) is 0 Å². The van der Waals surface area contributed by atoms with E-state index in [2.05, 4.69) is 34.6 Å². The van der Waals surface area contributed by atoms with Gasteiger partial charge in [0.2, 0.25) is 0 Å². The fraction of sp³-hybridized carbons (Fsp3) is 1.00. The van der Waals surface area contributed by atoms with Crippen molar-refractivity contribution in [1.29, 1.82) is 0 Å². The van der Waals surface area contributed by atoms with Crippen LogP contribution in [0.3, 0.4) is 0 Å². The molecule has 0 aromatic carbocycles. The Morgan fingerprint density at radius 3 is 0.966 bits per heavy atom. The topological polar surface area (TPSA) is 0 Å². The van der Waals surface area contributed by atoms with Gasteiger partial charge in [0.15, 0.2) is 0 Å². The molecule has 0 aromatic heterocycles. The molecule has 0 nitrogen and oxygen atoms in total. The zero-order valence-corrected chi connectivity index (χ0v) is 24.5. The van der Waals surface area contributed by atoms with Gasteiger partial charge >= 0.3 is 192 Å². The summed E-state index contributed by atoms with van der Waals surface area (Å²) in [7, 11) is 0. The average molecular weight is 515 g/mol. The standard InChI is InChI=1S/3C8H17.C4H9.Sn/c3*1-3-5-7-8-6-4-2;1-3-4-2;/h3*1,3-8H2,2H3;3H,4H2,1-2H3;. The van der Waals surface area contributed by atoms with E-state index in [-0.39, 0.29) is 0 Å². The molecule has 0 N–H and O–H groups in total. The van der Waals surface area contributed by atoms with E-state index in [1.54, 1.807) is 32.6 Å². The van der Waals surface area contributed by atoms with Crippen LogP contribution in [0.25, 0.3) is 0 Å². The maximum atomic E-state index is 2.68. The molecule has 0 fully saturated rings. The maximum absolute atomic E-state index is 2.68. The zero-order valence-electron chi connectivity index (χ0n) is 21.6. The molecule has 29 heavy (non-hydrogen) atoms. The molecule has 0 aliphatic heterocycles. The fourth-order valence-corrected chi connectivity index (χ4v) is 22.3. The van der Waals surface area contributed by atoms with E-state index in [0.29, 0.717) is 0 Å². The van der Waals surface area contributed by atoms with Gasteiger partial charge in [-0.05, 0) is 0 Å². The predicted octanol–water partition coefficient (Wildman–Crippen LogP) is 11.3. The van der Waals surface area contributed by atoms with E-state index in [0.717, 1.165) is 3.93 Å². The Morgan fingerprint density at radius 2 is 0.690 bits per heavy atom. The van der Waals surface area contributed by atoms with E-state index in [4.69, 9.17) is 0 Å². The summed E-state index contributed by atoms with van der Waals surface area (Å²) in [6.07, 6.45) is 28.3. The summed E-state index contributed by atoms with van der Waals surface area (Å²) < 4.78 is 6.28. The Labute approximate surface area is 191 Å². The molecule has 0 heterocycles. The zero-order chi connectivity index (χ0) is 21.6. The predicted molar refractivity (Wildman–Crippen MR) is 140 cm³/mol. The molecule has 0 spiro atoms. The van der Waals surface area contributed by atoms with E-state index >= 15 is 0 Å². The molecule has 1 heteroatoms. The van der Waals surface area contributed by atoms with Crippen molar-refractivity contribution in [3.05, 3.63) is 0 Å². The van der Waals surface area contributed by atoms with Gasteiger partial charge in [0.1, 0.15) is 0 Å². The average Bonchev–Trinajstić information content (AvgIpc) is 2.74. The van der Waals surface area contributed by atoms with Crippen LogP contribution >= 0.6 is 0 Å². The molecular weight excluding hydrogens is 455 g/mol. The van der Waals surface area contributed by atoms with Gasteiger partial charge in [-0.15, -0.1) is 0 Å². The van der Waals surface area contributed by atoms with Crippen LogP contribution in [0.1, 0.15) is 157 Å². The third-order valence-corrected chi connectivity index (χ3v) is 26.4. The van der Waals surface area contributed by atoms with Crippen LogP contribution in [0, 0.1) is 0 Å². The summed E-state index contributed by atoms with van der Waals surface area (Å²) in [6.45, 7) is 12.2. The quantitative estimate of drug-likeness (QED) is 0.0938. The second kappa shape index (κ2) is 22.0. The Kier molecular flexibility index (Phi) is 22.6. The Balaban J connectivity index is 4.62. The molecular formula is C28H60Sn. The summed E-state index contributed by atoms with van der Waals surface area (Å²) in [5.41, 5.74) is 0. The van der Waals surface area contributed by atoms with Crippen molar-refractivity contribution in [2.75, 3.05) is 0 Å². The number of hydrogen-bond donors (Lipinski definition) is 0. The Bertz CT molecular complexity index is 271. The van der Waals surface area contributed by atoms with Gasteiger partial charge in [0, 0.05) is 0 Å². The molecule has 0 aliphatic carbocycles. The van der Waals surface area contributed by atoms with Crippen LogP contribution in [-0.4, -0.2) is 18.4 Å². The molecule has 0 aliphatic rings. The Hall–Kier alpha value is 0.799. The van der Waals surface area contributed by atoms with Crippen molar-refractivity contribution in [3.63, 3.8) is 0 Å². The minimum absolute atomic E-state index is 1.12. The van der Waals surface area contributed by atoms with Crippen LogP contribution < -0.4 is 0 Å². The van der Waals surface area contributed by atoms with Gasteiger partial charge < -0.3 is 0 Å². The van der Waals surface area contributed by atoms with Crippen molar-refractivity contribution in [1.82, 2.24) is 0 Å². The molecule has 0 amide bonds. The van der Waals surface area contributed by atoms with Gasteiger partial charge in [0.25, 0.3) is 0 Å². The molecule has 0 radical (unpaired) electrons. The SMILES string of the molecule is CCCCCCC[CH2][Sn]([CH2]CCCCCCC)([CH2]CCCCCCC)[CH](C)CC. The second-order valence-corrected chi connectivity index (χ2v) is 25.1. The van der Waals surface area contributed by atoms with E-state index in [1.165, 1.54) is 103 Å². The van der Waals surface area contributed by atoms with E-state index in [9.17, 15) is 0 Å². The summed E-state index contributed by atoms with van der Waals surface area (Å²) in [5.74, 6) is 0. The molecule has 176 valence electrons. The fourth-order valence-electron chi connectivity index (χ4n) is 5.32. The second-order valence-electron chi connectivity index (χ2n) is 10.2. The molecule has 0 saturated carbocycles. The summed E-state index contributed by atoms with van der Waals surface area (Å²) in [6, 6.07) is 0. The first kappa shape index (κ1) is 29.8. The van der Waals surface area contributed by atoms with E-state index < -0.39 is 18.4 Å². The third-order valence-electron chi connectivity index (χ3n) is 7.74. The van der Waals surface area contributed by atoms with Gasteiger partial charge in [-0.1, -0.05) is 0 Å². The van der Waals surface area contributed by atoms with Crippen LogP contribution in [-0.2, 0) is 0 Å². The van der Waals surface area contributed by atoms with Gasteiger partial charge in [0.05, 0.1) is 0 Å². The van der Waals surface area contributed by atoms with Crippen LogP contribution in [0.2, 0.25) is 17.2 Å². The molecule has 0 rings (SSSR count). The van der Waals surface area contributed by atoms with Crippen LogP contribution in [0.4, 0.5) is 0 Å². The summed E-state index contributed by atoms with van der Waals surface area (Å²) in [5, 5.41) is 0. The van der Waals surface area contributed by atoms with Gasteiger partial charge in [-0.2, -0.15) is 0 Å². The summed E-state index contributed by atoms with van der Waals surface area (Å²) in [4.78, 5) is 0. The monoisotopic (exact) mass is 516 g/mol. The first-order chi connectivity index (χ1) is 14.2. The third kappa shape index (κ3) is 16.1. The number of rotatable bonds is 23. The Morgan fingerprint density at radius 1 is 0.414 bits per heavy atom. The number of hydrogen-bond acceptors (Lipinski definition) is 0. The van der Waals surface area contributed by atoms with Crippen LogP contribution in [0.15, 0.2) is 0 Å². The first-order valence-electron chi connectivity index (χ1n) is 14.2. The van der Waals surface area contributed by atoms with Gasteiger partial charge in [-0.25, -0.2) is 0 Å². The molecule has 0 bridgehead atoms. The number of unbranched alkanes of at least 4 members (excludes halogenated alkanes) is 15. The molecule has 0 aromatic rings. The molecule has 0 saturated heterocycles. The minimum atomic E-state index is -2.00. The van der Waals surface area contributed by atoms with Gasteiger partial charge in [-0.3, -0.25) is 0 Å². The summed E-state index contributed by atoms with van der Waals surface area (Å²) >= 11 is -2.00. The normalized spacial score (nSPS) is 13.1. The van der Waals surface area contributed by atoms with Crippen molar-refractivity contribution in [2.24, 2.45) is 0 Å².